The van der Waals surface area contributed by atoms with Crippen molar-refractivity contribution >= 4 is 34.6 Å². The molecule has 2 heterocycles. The summed E-state index contributed by atoms with van der Waals surface area (Å²) < 4.78 is 13.6. The third-order valence-electron chi connectivity index (χ3n) is 8.43. The topological polar surface area (TPSA) is 18.5 Å². The summed E-state index contributed by atoms with van der Waals surface area (Å²) in [4.78, 5) is 0. The van der Waals surface area contributed by atoms with Gasteiger partial charge < -0.3 is 9.47 Å². The lowest BCUT2D eigenvalue weighted by Crippen LogP contribution is -2.32. The SMILES string of the molecule is c1ccc(-c2cccc(-c3ccc4c5c3Oc3ccc6ccccc6c3P5c3ccc(-c5ccccc5)cc3O4)c2)cc1. The van der Waals surface area contributed by atoms with Crippen molar-refractivity contribution in [3.63, 3.8) is 0 Å². The molecule has 7 aromatic carbocycles. The zero-order valence-corrected chi connectivity index (χ0v) is 24.1. The minimum Gasteiger partial charge on any atom is -0.456 e. The average molecular weight is 569 g/mol. The summed E-state index contributed by atoms with van der Waals surface area (Å²) in [5.41, 5.74) is 6.92. The summed E-state index contributed by atoms with van der Waals surface area (Å²) in [6.07, 6.45) is 0. The third kappa shape index (κ3) is 3.91. The summed E-state index contributed by atoms with van der Waals surface area (Å²) >= 11 is 0. The van der Waals surface area contributed by atoms with E-state index in [1.807, 2.05) is 0 Å². The molecule has 0 fully saturated rings. The summed E-state index contributed by atoms with van der Waals surface area (Å²) in [6, 6.07) is 53.7. The van der Waals surface area contributed by atoms with E-state index in [0.717, 1.165) is 45.0 Å². The van der Waals surface area contributed by atoms with Gasteiger partial charge in [0, 0.05) is 24.1 Å². The Morgan fingerprint density at radius 3 is 1.86 bits per heavy atom. The lowest BCUT2D eigenvalue weighted by molar-refractivity contribution is 0.468. The van der Waals surface area contributed by atoms with Crippen molar-refractivity contribution in [3.8, 4) is 56.4 Å². The fourth-order valence-electron chi connectivity index (χ4n) is 6.39. The van der Waals surface area contributed by atoms with Crippen molar-refractivity contribution in [1.82, 2.24) is 0 Å². The highest BCUT2D eigenvalue weighted by Crippen LogP contribution is 2.56. The first kappa shape index (κ1) is 24.4. The van der Waals surface area contributed by atoms with Gasteiger partial charge in [0.05, 0.1) is 5.30 Å². The van der Waals surface area contributed by atoms with E-state index in [9.17, 15) is 0 Å². The number of fused-ring (bicyclic) bond motifs is 6. The molecule has 0 amide bonds. The Hall–Kier alpha value is -5.17. The van der Waals surface area contributed by atoms with E-state index in [1.54, 1.807) is 0 Å². The van der Waals surface area contributed by atoms with Crippen molar-refractivity contribution in [2.24, 2.45) is 0 Å². The van der Waals surface area contributed by atoms with Crippen LogP contribution in [0.15, 0.2) is 152 Å². The molecule has 0 N–H and O–H groups in total. The number of rotatable bonds is 3. The van der Waals surface area contributed by atoms with Crippen LogP contribution in [0, 0.1) is 0 Å². The van der Waals surface area contributed by atoms with Crippen LogP contribution in [-0.2, 0) is 0 Å². The van der Waals surface area contributed by atoms with Crippen molar-refractivity contribution in [1.29, 1.82) is 0 Å². The highest BCUT2D eigenvalue weighted by Gasteiger charge is 2.39. The second kappa shape index (κ2) is 9.70. The van der Waals surface area contributed by atoms with E-state index >= 15 is 0 Å². The Morgan fingerprint density at radius 1 is 0.395 bits per heavy atom. The predicted molar refractivity (Wildman–Crippen MR) is 179 cm³/mol. The van der Waals surface area contributed by atoms with Crippen LogP contribution >= 0.6 is 7.92 Å². The summed E-state index contributed by atoms with van der Waals surface area (Å²) in [6.45, 7) is 0. The molecule has 43 heavy (non-hydrogen) atoms. The van der Waals surface area contributed by atoms with E-state index in [0.29, 0.717) is 0 Å². The molecule has 0 radical (unpaired) electrons. The molecular formula is C40H25O2P. The molecule has 7 aromatic rings. The molecule has 0 saturated carbocycles. The fourth-order valence-corrected chi connectivity index (χ4v) is 9.15. The van der Waals surface area contributed by atoms with Crippen LogP contribution in [-0.4, -0.2) is 0 Å². The lowest BCUT2D eigenvalue weighted by Gasteiger charge is -2.36. The quantitative estimate of drug-likeness (QED) is 0.198. The van der Waals surface area contributed by atoms with Crippen molar-refractivity contribution in [2.75, 3.05) is 0 Å². The first-order valence-electron chi connectivity index (χ1n) is 14.5. The summed E-state index contributed by atoms with van der Waals surface area (Å²) in [7, 11) is -0.940. The first-order chi connectivity index (χ1) is 21.3. The highest BCUT2D eigenvalue weighted by molar-refractivity contribution is 7.81. The minimum atomic E-state index is -0.940. The maximum absolute atomic E-state index is 6.91. The van der Waals surface area contributed by atoms with E-state index in [-0.39, 0.29) is 0 Å². The van der Waals surface area contributed by atoms with Crippen LogP contribution < -0.4 is 25.4 Å². The third-order valence-corrected chi connectivity index (χ3v) is 11.1. The smallest absolute Gasteiger partial charge is 0.147 e. The van der Waals surface area contributed by atoms with Gasteiger partial charge in [-0.3, -0.25) is 0 Å². The molecule has 0 aromatic heterocycles. The Kier molecular flexibility index (Phi) is 5.51. The van der Waals surface area contributed by atoms with E-state index < -0.39 is 7.92 Å². The van der Waals surface area contributed by atoms with Crippen LogP contribution in [0.2, 0.25) is 0 Å². The number of hydrogen-bond donors (Lipinski definition) is 0. The van der Waals surface area contributed by atoms with Crippen molar-refractivity contribution < 1.29 is 9.47 Å². The molecule has 0 spiro atoms. The van der Waals surface area contributed by atoms with Crippen LogP contribution in [0.5, 0.6) is 23.0 Å². The molecule has 1 atom stereocenters. The van der Waals surface area contributed by atoms with Gasteiger partial charge in [0.2, 0.25) is 0 Å². The number of benzene rings is 7. The average Bonchev–Trinajstić information content (AvgIpc) is 3.08. The Morgan fingerprint density at radius 2 is 1.05 bits per heavy atom. The van der Waals surface area contributed by atoms with E-state index in [2.05, 4.69) is 152 Å². The minimum absolute atomic E-state index is 0.875. The maximum Gasteiger partial charge on any atom is 0.147 e. The number of ether oxygens (including phenoxy) is 2. The second-order valence-corrected chi connectivity index (χ2v) is 13.0. The molecule has 3 heteroatoms. The van der Waals surface area contributed by atoms with Crippen molar-refractivity contribution in [3.05, 3.63) is 152 Å². The van der Waals surface area contributed by atoms with E-state index in [1.165, 1.54) is 38.1 Å². The number of hydrogen-bond acceptors (Lipinski definition) is 2. The zero-order chi connectivity index (χ0) is 28.3. The zero-order valence-electron chi connectivity index (χ0n) is 23.2. The summed E-state index contributed by atoms with van der Waals surface area (Å²) in [5, 5.41) is 6.09. The van der Waals surface area contributed by atoms with Gasteiger partial charge in [-0.2, -0.15) is 0 Å². The van der Waals surface area contributed by atoms with Gasteiger partial charge in [0.25, 0.3) is 0 Å². The van der Waals surface area contributed by atoms with Gasteiger partial charge in [0.15, 0.2) is 0 Å². The van der Waals surface area contributed by atoms with Gasteiger partial charge >= 0.3 is 0 Å². The Balaban J connectivity index is 1.28. The second-order valence-electron chi connectivity index (χ2n) is 11.0. The van der Waals surface area contributed by atoms with Crippen molar-refractivity contribution in [2.45, 2.75) is 0 Å². The van der Waals surface area contributed by atoms with Crippen LogP contribution in [0.4, 0.5) is 0 Å². The van der Waals surface area contributed by atoms with Gasteiger partial charge in [0.1, 0.15) is 23.0 Å². The maximum atomic E-state index is 6.91. The van der Waals surface area contributed by atoms with Crippen LogP contribution in [0.25, 0.3) is 44.2 Å². The first-order valence-corrected chi connectivity index (χ1v) is 15.9. The molecule has 202 valence electrons. The van der Waals surface area contributed by atoms with Crippen LogP contribution in [0.1, 0.15) is 0 Å². The van der Waals surface area contributed by atoms with Crippen LogP contribution in [0.3, 0.4) is 0 Å². The van der Waals surface area contributed by atoms with Gasteiger partial charge in [-0.25, -0.2) is 0 Å². The fraction of sp³-hybridized carbons (Fsp3) is 0. The molecule has 1 unspecified atom stereocenters. The largest absolute Gasteiger partial charge is 0.456 e. The Bertz CT molecular complexity index is 2190. The normalized spacial score (nSPS) is 14.2. The molecule has 0 bridgehead atoms. The van der Waals surface area contributed by atoms with Gasteiger partial charge in [-0.15, -0.1) is 0 Å². The van der Waals surface area contributed by atoms with E-state index in [4.69, 9.17) is 9.47 Å². The lowest BCUT2D eigenvalue weighted by atomic mass is 9.98. The molecule has 9 rings (SSSR count). The predicted octanol–water partition coefficient (Wildman–Crippen LogP) is 9.81. The Labute approximate surface area is 251 Å². The summed E-state index contributed by atoms with van der Waals surface area (Å²) in [5.74, 6) is 3.62. The molecule has 2 nitrogen and oxygen atoms in total. The molecule has 0 aliphatic carbocycles. The van der Waals surface area contributed by atoms with Gasteiger partial charge in [-0.05, 0) is 75.0 Å². The highest BCUT2D eigenvalue weighted by atomic mass is 31.1. The molecular weight excluding hydrogens is 543 g/mol. The standard InChI is InChI=1S/C40H25O2P/c1-3-10-26(11-4-1)29-15-9-16-31(24-29)32-20-22-35-40-38(32)42-34-21-18-28-14-7-8-17-33(28)39(34)43(40)37-23-19-30(25-36(37)41-35)27-12-5-2-6-13-27/h1-25H. The van der Waals surface area contributed by atoms with Gasteiger partial charge in [-0.1, -0.05) is 115 Å². The molecule has 2 aliphatic rings. The molecule has 2 aliphatic heterocycles. The monoisotopic (exact) mass is 568 g/mol. The molecule has 0 saturated heterocycles.